The molecule has 2 atom stereocenters. The summed E-state index contributed by atoms with van der Waals surface area (Å²) < 4.78 is 10.4. The van der Waals surface area contributed by atoms with Crippen LogP contribution in [0.2, 0.25) is 0 Å². The molecular formula is C15H18N4O7. The minimum atomic E-state index is -1.53. The lowest BCUT2D eigenvalue weighted by Gasteiger charge is -2.18. The number of ether oxygens (including phenoxy) is 1. The van der Waals surface area contributed by atoms with Crippen LogP contribution in [0, 0.1) is 0 Å². The van der Waals surface area contributed by atoms with E-state index in [0.717, 1.165) is 0 Å². The number of hydrogen-bond donors (Lipinski definition) is 5. The van der Waals surface area contributed by atoms with E-state index in [1.165, 1.54) is 25.4 Å². The number of aliphatic carboxylic acids is 2. The third-order valence-electron chi connectivity index (χ3n) is 3.44. The number of aromatic amines is 1. The summed E-state index contributed by atoms with van der Waals surface area (Å²) in [7, 11) is 0. The highest BCUT2D eigenvalue weighted by Gasteiger charge is 2.28. The van der Waals surface area contributed by atoms with Gasteiger partial charge in [0.05, 0.1) is 6.42 Å². The molecule has 2 heterocycles. The first kappa shape index (κ1) is 19.1. The van der Waals surface area contributed by atoms with Gasteiger partial charge in [0.2, 0.25) is 11.3 Å². The normalized spacial score (nSPS) is 14.4. The number of carbonyl (C=O) groups is 2. The van der Waals surface area contributed by atoms with Gasteiger partial charge >= 0.3 is 17.9 Å². The smallest absolute Gasteiger partial charge is 0.323 e. The number of pyridine rings is 1. The third-order valence-corrected chi connectivity index (χ3v) is 3.44. The zero-order valence-corrected chi connectivity index (χ0v) is 13.8. The molecule has 2 rings (SSSR count). The van der Waals surface area contributed by atoms with Crippen molar-refractivity contribution in [1.29, 1.82) is 0 Å². The quantitative estimate of drug-likeness (QED) is 0.404. The molecule has 0 aliphatic rings. The number of nitrogens with two attached hydrogens (primary N) is 2. The number of H-pyrrole nitrogens is 1. The maximum absolute atomic E-state index is 12.1. The van der Waals surface area contributed by atoms with E-state index >= 15 is 0 Å². The molecule has 0 amide bonds. The highest BCUT2D eigenvalue weighted by Crippen LogP contribution is 2.20. The fourth-order valence-corrected chi connectivity index (χ4v) is 1.97. The van der Waals surface area contributed by atoms with Crippen LogP contribution in [0.5, 0.6) is 11.7 Å². The molecule has 0 bridgehead atoms. The second kappa shape index (κ2) is 7.37. The van der Waals surface area contributed by atoms with Crippen LogP contribution in [0.1, 0.15) is 18.5 Å². The molecule has 0 radical (unpaired) electrons. The summed E-state index contributed by atoms with van der Waals surface area (Å²) in [6, 6.07) is -0.00919. The average Bonchev–Trinajstić information content (AvgIpc) is 2.96. The van der Waals surface area contributed by atoms with Crippen LogP contribution in [-0.2, 0) is 22.4 Å². The summed E-state index contributed by atoms with van der Waals surface area (Å²) in [5.41, 5.74) is 9.27. The van der Waals surface area contributed by atoms with Gasteiger partial charge in [-0.1, -0.05) is 0 Å². The van der Waals surface area contributed by atoms with Crippen LogP contribution in [0.15, 0.2) is 27.7 Å². The van der Waals surface area contributed by atoms with Gasteiger partial charge in [-0.05, 0) is 6.92 Å². The third kappa shape index (κ3) is 4.68. The van der Waals surface area contributed by atoms with Crippen molar-refractivity contribution in [3.05, 3.63) is 40.3 Å². The van der Waals surface area contributed by atoms with Gasteiger partial charge in [0.25, 0.3) is 0 Å². The maximum atomic E-state index is 12.1. The number of oxazole rings is 1. The Morgan fingerprint density at radius 1 is 1.46 bits per heavy atom. The van der Waals surface area contributed by atoms with E-state index in [9.17, 15) is 14.4 Å². The first-order chi connectivity index (χ1) is 12.1. The predicted octanol–water partition coefficient (Wildman–Crippen LogP) is -0.546. The van der Waals surface area contributed by atoms with Crippen LogP contribution in [0.3, 0.4) is 0 Å². The monoisotopic (exact) mass is 366 g/mol. The van der Waals surface area contributed by atoms with Gasteiger partial charge in [0, 0.05) is 24.4 Å². The lowest BCUT2D eigenvalue weighted by Crippen LogP contribution is -2.47. The topological polar surface area (TPSA) is 195 Å². The summed E-state index contributed by atoms with van der Waals surface area (Å²) in [5.74, 6) is -2.60. The van der Waals surface area contributed by atoms with Crippen LogP contribution < -0.4 is 21.6 Å². The minimum absolute atomic E-state index is 0.0447. The highest BCUT2D eigenvalue weighted by atomic mass is 16.6. The standard InChI is InChI=1S/C15H18N4O7/c1-15(17,14(23)24)4-7-2-9(20)10(5-18-7)25-12-6-19-11(26-12)3-8(16)13(21)22/h2,5-6,8H,3-4,16-17H2,1H3,(H,18,20)(H,21,22)(H,23,24). The summed E-state index contributed by atoms with van der Waals surface area (Å²) in [6.07, 6.45) is 2.19. The van der Waals surface area contributed by atoms with Crippen molar-refractivity contribution in [2.45, 2.75) is 31.3 Å². The van der Waals surface area contributed by atoms with Gasteiger partial charge in [0.1, 0.15) is 17.8 Å². The molecule has 26 heavy (non-hydrogen) atoms. The van der Waals surface area contributed by atoms with Crippen LogP contribution in [-0.4, -0.2) is 43.7 Å². The van der Waals surface area contributed by atoms with Crippen molar-refractivity contribution in [2.24, 2.45) is 11.5 Å². The Balaban J connectivity index is 2.09. The van der Waals surface area contributed by atoms with E-state index in [-0.39, 0.29) is 30.4 Å². The van der Waals surface area contributed by atoms with E-state index in [1.54, 1.807) is 0 Å². The first-order valence-corrected chi connectivity index (χ1v) is 7.43. The van der Waals surface area contributed by atoms with Crippen molar-refractivity contribution < 1.29 is 29.0 Å². The Bertz CT molecular complexity index is 871. The molecular weight excluding hydrogens is 348 g/mol. The molecule has 2 unspecified atom stereocenters. The fourth-order valence-electron chi connectivity index (χ4n) is 1.97. The van der Waals surface area contributed by atoms with Crippen molar-refractivity contribution >= 4 is 11.9 Å². The maximum Gasteiger partial charge on any atom is 0.323 e. The molecule has 140 valence electrons. The SMILES string of the molecule is CC(N)(Cc1cc(=O)c(Oc2cnc(CC(N)C(=O)O)o2)c[nH]1)C(=O)O. The molecule has 0 fully saturated rings. The lowest BCUT2D eigenvalue weighted by atomic mass is 9.97. The molecule has 11 heteroatoms. The fraction of sp³-hybridized carbons (Fsp3) is 0.333. The number of carboxylic acid groups (broad SMARTS) is 2. The molecule has 0 aliphatic carbocycles. The number of aromatic nitrogens is 2. The Kier molecular flexibility index (Phi) is 5.43. The zero-order chi connectivity index (χ0) is 19.5. The van der Waals surface area contributed by atoms with Crippen molar-refractivity contribution in [3.8, 4) is 11.7 Å². The average molecular weight is 366 g/mol. The van der Waals surface area contributed by atoms with Gasteiger partial charge in [-0.15, -0.1) is 0 Å². The largest absolute Gasteiger partial charge is 0.480 e. The van der Waals surface area contributed by atoms with Gasteiger partial charge < -0.3 is 35.8 Å². The van der Waals surface area contributed by atoms with E-state index in [4.69, 9.17) is 30.8 Å². The van der Waals surface area contributed by atoms with Crippen molar-refractivity contribution in [3.63, 3.8) is 0 Å². The molecule has 0 spiro atoms. The number of nitrogens with one attached hydrogen (secondary N) is 1. The van der Waals surface area contributed by atoms with Gasteiger partial charge in [0.15, 0.2) is 5.75 Å². The molecule has 0 saturated carbocycles. The number of hydrogen-bond acceptors (Lipinski definition) is 8. The number of carboxylic acids is 2. The predicted molar refractivity (Wildman–Crippen MR) is 86.9 cm³/mol. The Hall–Kier alpha value is -3.18. The Morgan fingerprint density at radius 2 is 2.15 bits per heavy atom. The van der Waals surface area contributed by atoms with Gasteiger partial charge in [-0.25, -0.2) is 4.98 Å². The van der Waals surface area contributed by atoms with E-state index in [1.807, 2.05) is 0 Å². The second-order valence-electron chi connectivity index (χ2n) is 5.91. The van der Waals surface area contributed by atoms with E-state index < -0.39 is 28.9 Å². The zero-order valence-electron chi connectivity index (χ0n) is 13.8. The summed E-state index contributed by atoms with van der Waals surface area (Å²) in [6.45, 7) is 1.33. The lowest BCUT2D eigenvalue weighted by molar-refractivity contribution is -0.142. The van der Waals surface area contributed by atoms with E-state index in [2.05, 4.69) is 9.97 Å². The van der Waals surface area contributed by atoms with Crippen molar-refractivity contribution in [1.82, 2.24) is 9.97 Å². The number of rotatable bonds is 8. The van der Waals surface area contributed by atoms with Crippen molar-refractivity contribution in [2.75, 3.05) is 0 Å². The molecule has 0 saturated heterocycles. The molecule has 11 nitrogen and oxygen atoms in total. The van der Waals surface area contributed by atoms with Crippen LogP contribution >= 0.6 is 0 Å². The first-order valence-electron chi connectivity index (χ1n) is 7.43. The Morgan fingerprint density at radius 3 is 2.73 bits per heavy atom. The summed E-state index contributed by atoms with van der Waals surface area (Å²) >= 11 is 0. The molecule has 7 N–H and O–H groups in total. The van der Waals surface area contributed by atoms with Crippen LogP contribution in [0.4, 0.5) is 0 Å². The van der Waals surface area contributed by atoms with Crippen LogP contribution in [0.25, 0.3) is 0 Å². The van der Waals surface area contributed by atoms with Gasteiger partial charge in [-0.3, -0.25) is 14.4 Å². The summed E-state index contributed by atoms with van der Waals surface area (Å²) in [4.78, 5) is 40.4. The summed E-state index contributed by atoms with van der Waals surface area (Å²) in [5, 5.41) is 17.8. The molecule has 0 aromatic carbocycles. The molecule has 2 aromatic heterocycles. The van der Waals surface area contributed by atoms with E-state index in [0.29, 0.717) is 5.69 Å². The van der Waals surface area contributed by atoms with Gasteiger partial charge in [-0.2, -0.15) is 0 Å². The Labute approximate surface area is 146 Å². The molecule has 0 aliphatic heterocycles. The highest BCUT2D eigenvalue weighted by molar-refractivity contribution is 5.78. The second-order valence-corrected chi connectivity index (χ2v) is 5.91. The molecule has 2 aromatic rings. The minimum Gasteiger partial charge on any atom is -0.480 e. The number of nitrogens with zero attached hydrogens (tertiary/aromatic N) is 1.